The number of amides is 1. The number of rotatable bonds is 3. The highest BCUT2D eigenvalue weighted by atomic mass is 16.5. The van der Waals surface area contributed by atoms with Gasteiger partial charge in [-0.1, -0.05) is 0 Å². The number of nitrogens with zero attached hydrogens (tertiary/aromatic N) is 1. The maximum absolute atomic E-state index is 10.7. The molecule has 60 valence electrons. The molecule has 0 aliphatic carbocycles. The largest absolute Gasteiger partial charge is 0.488 e. The zero-order chi connectivity index (χ0) is 8.69. The number of hydrogen-bond acceptors (Lipinski definition) is 3. The molecule has 0 heterocycles. The van der Waals surface area contributed by atoms with Crippen LogP contribution in [0.4, 0.5) is 0 Å². The summed E-state index contributed by atoms with van der Waals surface area (Å²) in [6, 6.07) is 0. The Balaban J connectivity index is 4.27. The second-order valence-corrected chi connectivity index (χ2v) is 1.59. The third-order valence-electron chi connectivity index (χ3n) is 0.920. The number of ether oxygens (including phenoxy) is 1. The van der Waals surface area contributed by atoms with E-state index in [2.05, 4.69) is 4.99 Å². The number of carbonyl (C=O) groups excluding carboxylic acids is 2. The van der Waals surface area contributed by atoms with Gasteiger partial charge in [-0.3, -0.25) is 4.79 Å². The van der Waals surface area contributed by atoms with Crippen molar-refractivity contribution in [3.05, 3.63) is 11.8 Å². The molecule has 0 aliphatic heterocycles. The van der Waals surface area contributed by atoms with Gasteiger partial charge in [0.05, 0.1) is 6.61 Å². The van der Waals surface area contributed by atoms with Crippen LogP contribution in [0.2, 0.25) is 0 Å². The second-order valence-electron chi connectivity index (χ2n) is 1.59. The summed E-state index contributed by atoms with van der Waals surface area (Å²) in [6.07, 6.45) is 2.60. The minimum Gasteiger partial charge on any atom is -0.488 e. The number of isocyanates is 1. The summed E-state index contributed by atoms with van der Waals surface area (Å²) in [5, 5.41) is 0. The third kappa shape index (κ3) is 3.33. The fourth-order valence-corrected chi connectivity index (χ4v) is 0.521. The van der Waals surface area contributed by atoms with Crippen LogP contribution in [0.5, 0.6) is 0 Å². The summed E-state index contributed by atoms with van der Waals surface area (Å²) < 4.78 is 4.84. The van der Waals surface area contributed by atoms with Gasteiger partial charge in [-0.05, 0) is 19.9 Å². The second kappa shape index (κ2) is 5.38. The van der Waals surface area contributed by atoms with Crippen LogP contribution in [0.15, 0.2) is 16.8 Å². The zero-order valence-corrected chi connectivity index (χ0v) is 6.46. The molecule has 0 fully saturated rings. The van der Waals surface area contributed by atoms with Gasteiger partial charge in [0.1, 0.15) is 0 Å². The third-order valence-corrected chi connectivity index (χ3v) is 0.920. The predicted octanol–water partition coefficient (Wildman–Crippen LogP) is 0.789. The lowest BCUT2D eigenvalue weighted by Crippen LogP contribution is -2.02. The molecule has 0 saturated carbocycles. The molecule has 0 aromatic rings. The molecule has 0 aromatic carbocycles. The van der Waals surface area contributed by atoms with Crippen LogP contribution in [-0.2, 0) is 14.3 Å². The van der Waals surface area contributed by atoms with E-state index in [1.165, 1.54) is 6.08 Å². The summed E-state index contributed by atoms with van der Waals surface area (Å²) >= 11 is 0. The molecule has 0 atom stereocenters. The van der Waals surface area contributed by atoms with Crippen LogP contribution in [-0.4, -0.2) is 18.6 Å². The Kier molecular flexibility index (Phi) is 4.69. The van der Waals surface area contributed by atoms with Gasteiger partial charge < -0.3 is 4.74 Å². The lowest BCUT2D eigenvalue weighted by Gasteiger charge is -2.00. The van der Waals surface area contributed by atoms with Gasteiger partial charge in [-0.2, -0.15) is 0 Å². The monoisotopic (exact) mass is 155 g/mol. The van der Waals surface area contributed by atoms with Gasteiger partial charge in [-0.25, -0.2) is 4.79 Å². The molecule has 0 N–H and O–H groups in total. The van der Waals surface area contributed by atoms with Crippen molar-refractivity contribution < 1.29 is 14.3 Å². The number of aliphatic imine (C=N–C) groups is 1. The van der Waals surface area contributed by atoms with Gasteiger partial charge in [0.2, 0.25) is 6.08 Å². The van der Waals surface area contributed by atoms with Crippen LogP contribution >= 0.6 is 0 Å². The SMILES string of the molecule is CC=C(OCC)C(=O)N=C=O. The Morgan fingerprint density at radius 1 is 1.73 bits per heavy atom. The van der Waals surface area contributed by atoms with Gasteiger partial charge in [0.25, 0.3) is 0 Å². The Hall–Kier alpha value is -1.41. The van der Waals surface area contributed by atoms with Crippen LogP contribution in [0.25, 0.3) is 0 Å². The summed E-state index contributed by atoms with van der Waals surface area (Å²) in [6.45, 7) is 3.74. The number of carbonyl (C=O) groups is 1. The average molecular weight is 155 g/mol. The first-order valence-electron chi connectivity index (χ1n) is 3.17. The Bertz CT molecular complexity index is 214. The normalized spacial score (nSPS) is 10.2. The van der Waals surface area contributed by atoms with Crippen molar-refractivity contribution in [1.29, 1.82) is 0 Å². The van der Waals surface area contributed by atoms with Crippen LogP contribution in [0.1, 0.15) is 13.8 Å². The van der Waals surface area contributed by atoms with E-state index in [0.717, 1.165) is 6.08 Å². The van der Waals surface area contributed by atoms with Crippen molar-refractivity contribution in [2.24, 2.45) is 4.99 Å². The lowest BCUT2D eigenvalue weighted by molar-refractivity contribution is -0.117. The molecule has 0 spiro atoms. The zero-order valence-electron chi connectivity index (χ0n) is 6.46. The molecular weight excluding hydrogens is 146 g/mol. The molecule has 1 amide bonds. The van der Waals surface area contributed by atoms with Crippen molar-refractivity contribution in [1.82, 2.24) is 0 Å². The van der Waals surface area contributed by atoms with Gasteiger partial charge >= 0.3 is 5.91 Å². The average Bonchev–Trinajstić information content (AvgIpc) is 2.00. The van der Waals surface area contributed by atoms with Gasteiger partial charge in [-0.15, -0.1) is 4.99 Å². The maximum Gasteiger partial charge on any atom is 0.322 e. The Labute approximate surface area is 64.6 Å². The van der Waals surface area contributed by atoms with Crippen LogP contribution < -0.4 is 0 Å². The van der Waals surface area contributed by atoms with Crippen LogP contribution in [0.3, 0.4) is 0 Å². The molecular formula is C7H9NO3. The van der Waals surface area contributed by atoms with E-state index in [4.69, 9.17) is 4.74 Å². The van der Waals surface area contributed by atoms with Gasteiger partial charge in [0.15, 0.2) is 5.76 Å². The number of allylic oxidation sites excluding steroid dienone is 1. The Morgan fingerprint density at radius 3 is 2.73 bits per heavy atom. The minimum atomic E-state index is -0.690. The van der Waals surface area contributed by atoms with Crippen molar-refractivity contribution in [2.75, 3.05) is 6.61 Å². The topological polar surface area (TPSA) is 55.7 Å². The summed E-state index contributed by atoms with van der Waals surface area (Å²) in [4.78, 5) is 23.3. The van der Waals surface area contributed by atoms with E-state index in [1.807, 2.05) is 0 Å². The molecule has 0 aromatic heterocycles. The molecule has 0 unspecified atom stereocenters. The van der Waals surface area contributed by atoms with E-state index in [-0.39, 0.29) is 5.76 Å². The maximum atomic E-state index is 10.7. The van der Waals surface area contributed by atoms with E-state index in [1.54, 1.807) is 13.8 Å². The first kappa shape index (κ1) is 9.59. The highest BCUT2D eigenvalue weighted by molar-refractivity contribution is 5.94. The summed E-state index contributed by atoms with van der Waals surface area (Å²) in [5.74, 6) is -0.611. The summed E-state index contributed by atoms with van der Waals surface area (Å²) in [5.41, 5.74) is 0. The van der Waals surface area contributed by atoms with Crippen molar-refractivity contribution in [2.45, 2.75) is 13.8 Å². The van der Waals surface area contributed by atoms with Crippen molar-refractivity contribution in [3.8, 4) is 0 Å². The molecule has 4 nitrogen and oxygen atoms in total. The molecule has 4 heteroatoms. The van der Waals surface area contributed by atoms with Crippen molar-refractivity contribution >= 4 is 12.0 Å². The number of hydrogen-bond donors (Lipinski definition) is 0. The molecule has 11 heavy (non-hydrogen) atoms. The first-order chi connectivity index (χ1) is 5.26. The standard InChI is InChI=1S/C7H9NO3/c1-3-6(11-4-2)7(10)8-5-9/h3H,4H2,1-2H3. The van der Waals surface area contributed by atoms with E-state index in [9.17, 15) is 9.59 Å². The fourth-order valence-electron chi connectivity index (χ4n) is 0.521. The molecule has 0 aliphatic rings. The molecule has 0 rings (SSSR count). The lowest BCUT2D eigenvalue weighted by atomic mass is 10.4. The van der Waals surface area contributed by atoms with Gasteiger partial charge in [0, 0.05) is 0 Å². The van der Waals surface area contributed by atoms with Crippen LogP contribution in [0, 0.1) is 0 Å². The highest BCUT2D eigenvalue weighted by Crippen LogP contribution is 1.98. The minimum absolute atomic E-state index is 0.0795. The predicted molar refractivity (Wildman–Crippen MR) is 38.5 cm³/mol. The van der Waals surface area contributed by atoms with E-state index in [0.29, 0.717) is 6.61 Å². The molecule has 0 bridgehead atoms. The quantitative estimate of drug-likeness (QED) is 0.262. The smallest absolute Gasteiger partial charge is 0.322 e. The molecule has 0 saturated heterocycles. The fraction of sp³-hybridized carbons (Fsp3) is 0.429. The Morgan fingerprint density at radius 2 is 2.36 bits per heavy atom. The van der Waals surface area contributed by atoms with E-state index >= 15 is 0 Å². The van der Waals surface area contributed by atoms with Crippen molar-refractivity contribution in [3.63, 3.8) is 0 Å². The highest BCUT2D eigenvalue weighted by Gasteiger charge is 2.06. The summed E-state index contributed by atoms with van der Waals surface area (Å²) in [7, 11) is 0. The van der Waals surface area contributed by atoms with E-state index < -0.39 is 5.91 Å². The molecule has 0 radical (unpaired) electrons. The first-order valence-corrected chi connectivity index (χ1v) is 3.17.